The molecule has 16 heavy (non-hydrogen) atoms. The van der Waals surface area contributed by atoms with Gasteiger partial charge in [0.15, 0.2) is 5.78 Å². The number of halogens is 4. The van der Waals surface area contributed by atoms with E-state index in [-0.39, 0.29) is 5.56 Å². The molecule has 1 atom stereocenters. The Bertz CT molecular complexity index is 387. The molecule has 0 N–H and O–H groups in total. The minimum Gasteiger partial charge on any atom is -0.294 e. The summed E-state index contributed by atoms with van der Waals surface area (Å²) in [7, 11) is 0. The van der Waals surface area contributed by atoms with E-state index in [9.17, 15) is 18.0 Å². The van der Waals surface area contributed by atoms with Gasteiger partial charge in [-0.2, -0.15) is 13.2 Å². The van der Waals surface area contributed by atoms with Crippen molar-refractivity contribution in [3.05, 3.63) is 34.9 Å². The van der Waals surface area contributed by atoms with E-state index < -0.39 is 24.3 Å². The Morgan fingerprint density at radius 3 is 2.56 bits per heavy atom. The molecule has 0 aliphatic carbocycles. The van der Waals surface area contributed by atoms with Crippen molar-refractivity contribution in [2.24, 2.45) is 5.92 Å². The third-order valence-electron chi connectivity index (χ3n) is 2.20. The highest BCUT2D eigenvalue weighted by Crippen LogP contribution is 2.29. The number of Topliss-reactive ketones (excluding diaryl/α,β-unsaturated/α-hetero) is 1. The maximum atomic E-state index is 12.2. The van der Waals surface area contributed by atoms with Gasteiger partial charge in [-0.25, -0.2) is 0 Å². The van der Waals surface area contributed by atoms with E-state index >= 15 is 0 Å². The van der Waals surface area contributed by atoms with Crippen LogP contribution in [0.4, 0.5) is 13.2 Å². The Hall–Kier alpha value is -1.03. The largest absolute Gasteiger partial charge is 0.391 e. The summed E-state index contributed by atoms with van der Waals surface area (Å²) in [5.41, 5.74) is 0.212. The lowest BCUT2D eigenvalue weighted by atomic mass is 9.99. The molecule has 1 nitrogen and oxygen atoms in total. The standard InChI is InChI=1S/C11H10ClF3O/c1-7(11(13,14)15)5-10(16)8-3-2-4-9(12)6-8/h2-4,6-7H,5H2,1H3. The van der Waals surface area contributed by atoms with Crippen molar-refractivity contribution in [2.45, 2.75) is 19.5 Å². The Kier molecular flexibility index (Phi) is 3.97. The van der Waals surface area contributed by atoms with Gasteiger partial charge in [0, 0.05) is 17.0 Å². The fourth-order valence-corrected chi connectivity index (χ4v) is 1.36. The zero-order chi connectivity index (χ0) is 12.3. The minimum atomic E-state index is -4.34. The molecule has 1 unspecified atom stereocenters. The van der Waals surface area contributed by atoms with Crippen LogP contribution >= 0.6 is 11.6 Å². The molecule has 0 spiro atoms. The summed E-state index contributed by atoms with van der Waals surface area (Å²) in [6, 6.07) is 5.92. The van der Waals surface area contributed by atoms with Gasteiger partial charge in [0.1, 0.15) is 0 Å². The average Bonchev–Trinajstić information content (AvgIpc) is 2.16. The number of alkyl halides is 3. The Labute approximate surface area is 96.2 Å². The van der Waals surface area contributed by atoms with Crippen molar-refractivity contribution in [1.29, 1.82) is 0 Å². The zero-order valence-electron chi connectivity index (χ0n) is 8.51. The number of hydrogen-bond acceptors (Lipinski definition) is 1. The molecule has 0 saturated heterocycles. The quantitative estimate of drug-likeness (QED) is 0.738. The van der Waals surface area contributed by atoms with Crippen molar-refractivity contribution in [3.63, 3.8) is 0 Å². The van der Waals surface area contributed by atoms with Crippen LogP contribution in [0, 0.1) is 5.92 Å². The van der Waals surface area contributed by atoms with Crippen molar-refractivity contribution >= 4 is 17.4 Å². The van der Waals surface area contributed by atoms with Gasteiger partial charge in [-0.05, 0) is 12.1 Å². The Morgan fingerprint density at radius 1 is 1.44 bits per heavy atom. The molecule has 0 amide bonds. The predicted octanol–water partition coefficient (Wildman–Crippen LogP) is 4.11. The van der Waals surface area contributed by atoms with Crippen LogP contribution in [0.5, 0.6) is 0 Å². The van der Waals surface area contributed by atoms with E-state index in [0.717, 1.165) is 6.92 Å². The molecule has 0 saturated carbocycles. The van der Waals surface area contributed by atoms with Crippen LogP contribution in [0.3, 0.4) is 0 Å². The van der Waals surface area contributed by atoms with Gasteiger partial charge in [0.25, 0.3) is 0 Å². The van der Waals surface area contributed by atoms with Gasteiger partial charge >= 0.3 is 6.18 Å². The lowest BCUT2D eigenvalue weighted by Gasteiger charge is -2.14. The van der Waals surface area contributed by atoms with Crippen LogP contribution in [0.15, 0.2) is 24.3 Å². The van der Waals surface area contributed by atoms with Gasteiger partial charge in [-0.15, -0.1) is 0 Å². The molecule has 0 fully saturated rings. The van der Waals surface area contributed by atoms with Crippen molar-refractivity contribution in [3.8, 4) is 0 Å². The molecule has 88 valence electrons. The predicted molar refractivity (Wildman–Crippen MR) is 55.6 cm³/mol. The second-order valence-corrected chi connectivity index (χ2v) is 4.02. The van der Waals surface area contributed by atoms with Gasteiger partial charge in [-0.1, -0.05) is 30.7 Å². The molecule has 0 aliphatic rings. The first-order valence-electron chi connectivity index (χ1n) is 4.66. The summed E-state index contributed by atoms with van der Waals surface area (Å²) in [4.78, 5) is 11.5. The number of benzene rings is 1. The first-order chi connectivity index (χ1) is 7.30. The SMILES string of the molecule is CC(CC(=O)c1cccc(Cl)c1)C(F)(F)F. The molecule has 0 aliphatic heterocycles. The number of ketones is 1. The van der Waals surface area contributed by atoms with Crippen molar-refractivity contribution in [2.75, 3.05) is 0 Å². The maximum absolute atomic E-state index is 12.2. The smallest absolute Gasteiger partial charge is 0.294 e. The van der Waals surface area contributed by atoms with Crippen LogP contribution in [0.2, 0.25) is 5.02 Å². The summed E-state index contributed by atoms with van der Waals surface area (Å²) in [5.74, 6) is -2.19. The highest BCUT2D eigenvalue weighted by Gasteiger charge is 2.37. The minimum absolute atomic E-state index is 0.212. The van der Waals surface area contributed by atoms with Gasteiger partial charge < -0.3 is 0 Å². The zero-order valence-corrected chi connectivity index (χ0v) is 9.27. The fraction of sp³-hybridized carbons (Fsp3) is 0.364. The van der Waals surface area contributed by atoms with Crippen molar-refractivity contribution in [1.82, 2.24) is 0 Å². The summed E-state index contributed by atoms with van der Waals surface area (Å²) < 4.78 is 36.7. The van der Waals surface area contributed by atoms with Crippen LogP contribution in [-0.2, 0) is 0 Å². The molecule has 0 aromatic heterocycles. The molecular formula is C11H10ClF3O. The van der Waals surface area contributed by atoms with E-state index in [2.05, 4.69) is 0 Å². The second-order valence-electron chi connectivity index (χ2n) is 3.58. The molecule has 0 bridgehead atoms. The third kappa shape index (κ3) is 3.52. The van der Waals surface area contributed by atoms with E-state index in [1.165, 1.54) is 18.2 Å². The van der Waals surface area contributed by atoms with E-state index in [4.69, 9.17) is 11.6 Å². The van der Waals surface area contributed by atoms with Crippen LogP contribution in [0.25, 0.3) is 0 Å². The number of carbonyl (C=O) groups is 1. The monoisotopic (exact) mass is 250 g/mol. The highest BCUT2D eigenvalue weighted by atomic mass is 35.5. The van der Waals surface area contributed by atoms with Crippen molar-refractivity contribution < 1.29 is 18.0 Å². The molecule has 0 heterocycles. The average molecular weight is 251 g/mol. The third-order valence-corrected chi connectivity index (χ3v) is 2.43. The first kappa shape index (κ1) is 13.0. The molecule has 1 aromatic carbocycles. The van der Waals surface area contributed by atoms with E-state index in [0.29, 0.717) is 5.02 Å². The van der Waals surface area contributed by atoms with Crippen LogP contribution in [-0.4, -0.2) is 12.0 Å². The summed E-state index contributed by atoms with van der Waals surface area (Å²) in [5, 5.41) is 0.338. The molecule has 0 radical (unpaired) electrons. The molecule has 5 heteroatoms. The summed E-state index contributed by atoms with van der Waals surface area (Å²) in [6.07, 6.45) is -4.89. The number of hydrogen-bond donors (Lipinski definition) is 0. The Morgan fingerprint density at radius 2 is 2.06 bits per heavy atom. The molecular weight excluding hydrogens is 241 g/mol. The maximum Gasteiger partial charge on any atom is 0.391 e. The summed E-state index contributed by atoms with van der Waals surface area (Å²) in [6.45, 7) is 0.989. The second kappa shape index (κ2) is 4.87. The number of carbonyl (C=O) groups excluding carboxylic acids is 1. The first-order valence-corrected chi connectivity index (χ1v) is 5.04. The molecule has 1 aromatic rings. The lowest BCUT2D eigenvalue weighted by Crippen LogP contribution is -2.22. The Balaban J connectivity index is 2.74. The van der Waals surface area contributed by atoms with Gasteiger partial charge in [0.05, 0.1) is 5.92 Å². The van der Waals surface area contributed by atoms with Crippen LogP contribution < -0.4 is 0 Å². The normalized spacial score (nSPS) is 13.6. The van der Waals surface area contributed by atoms with Gasteiger partial charge in [-0.3, -0.25) is 4.79 Å². The fourth-order valence-electron chi connectivity index (χ4n) is 1.17. The summed E-state index contributed by atoms with van der Waals surface area (Å²) >= 11 is 5.64. The van der Waals surface area contributed by atoms with Crippen LogP contribution in [0.1, 0.15) is 23.7 Å². The van der Waals surface area contributed by atoms with E-state index in [1.54, 1.807) is 6.07 Å². The lowest BCUT2D eigenvalue weighted by molar-refractivity contribution is -0.168. The van der Waals surface area contributed by atoms with E-state index in [1.807, 2.05) is 0 Å². The van der Waals surface area contributed by atoms with Gasteiger partial charge in [0.2, 0.25) is 0 Å². The number of rotatable bonds is 3. The molecule has 1 rings (SSSR count). The topological polar surface area (TPSA) is 17.1 Å². The highest BCUT2D eigenvalue weighted by molar-refractivity contribution is 6.31.